The van der Waals surface area contributed by atoms with Gasteiger partial charge >= 0.3 is 0 Å². The monoisotopic (exact) mass is 205 g/mol. The molecule has 0 amide bonds. The largest absolute Gasteiger partial charge is 0.327 e. The second-order valence-corrected chi connectivity index (χ2v) is 4.39. The summed E-state index contributed by atoms with van der Waals surface area (Å²) in [5, 5.41) is 0. The first-order valence-corrected chi connectivity index (χ1v) is 6.04. The van der Waals surface area contributed by atoms with Crippen molar-refractivity contribution in [1.29, 1.82) is 0 Å². The van der Waals surface area contributed by atoms with Crippen LogP contribution >= 0.6 is 0 Å². The lowest BCUT2D eigenvalue weighted by Crippen LogP contribution is -2.23. The van der Waals surface area contributed by atoms with Crippen LogP contribution in [-0.2, 0) is 6.42 Å². The molecule has 0 radical (unpaired) electrons. The zero-order chi connectivity index (χ0) is 11.1. The third kappa shape index (κ3) is 4.48. The number of unbranched alkanes of at least 4 members (excludes halogenated alkanes) is 2. The summed E-state index contributed by atoms with van der Waals surface area (Å²) in [5.74, 6) is 0. The van der Waals surface area contributed by atoms with Gasteiger partial charge in [-0.1, -0.05) is 50.5 Å². The standard InChI is InChI=1S/C14H23N/c1-3-4-5-10-14(15)11-13-9-7-6-8-12(13)2/h6-9,14H,3-5,10-11,15H2,1-2H3. The second kappa shape index (κ2) is 6.62. The quantitative estimate of drug-likeness (QED) is 0.707. The fourth-order valence-electron chi connectivity index (χ4n) is 1.88. The number of nitrogens with two attached hydrogens (primary N) is 1. The summed E-state index contributed by atoms with van der Waals surface area (Å²) in [7, 11) is 0. The molecule has 0 bridgehead atoms. The van der Waals surface area contributed by atoms with Gasteiger partial charge in [0.1, 0.15) is 0 Å². The number of aryl methyl sites for hydroxylation is 1. The van der Waals surface area contributed by atoms with Crippen LogP contribution in [0.5, 0.6) is 0 Å². The summed E-state index contributed by atoms with van der Waals surface area (Å²) >= 11 is 0. The Labute approximate surface area is 93.7 Å². The lowest BCUT2D eigenvalue weighted by molar-refractivity contribution is 0.556. The maximum Gasteiger partial charge on any atom is 0.00794 e. The molecular weight excluding hydrogens is 182 g/mol. The van der Waals surface area contributed by atoms with Crippen LogP contribution in [-0.4, -0.2) is 6.04 Å². The third-order valence-corrected chi connectivity index (χ3v) is 2.92. The van der Waals surface area contributed by atoms with E-state index in [-0.39, 0.29) is 0 Å². The first kappa shape index (κ1) is 12.3. The topological polar surface area (TPSA) is 26.0 Å². The van der Waals surface area contributed by atoms with Gasteiger partial charge in [0.25, 0.3) is 0 Å². The first-order valence-electron chi connectivity index (χ1n) is 6.04. The van der Waals surface area contributed by atoms with E-state index >= 15 is 0 Å². The normalized spacial score (nSPS) is 12.7. The number of benzene rings is 1. The van der Waals surface area contributed by atoms with Crippen LogP contribution in [0.2, 0.25) is 0 Å². The van der Waals surface area contributed by atoms with E-state index in [1.54, 1.807) is 0 Å². The Morgan fingerprint density at radius 3 is 2.60 bits per heavy atom. The molecule has 1 aromatic carbocycles. The second-order valence-electron chi connectivity index (χ2n) is 4.39. The van der Waals surface area contributed by atoms with Crippen molar-refractivity contribution in [2.75, 3.05) is 0 Å². The molecule has 0 aromatic heterocycles. The zero-order valence-electron chi connectivity index (χ0n) is 10.00. The molecule has 1 nitrogen and oxygen atoms in total. The van der Waals surface area contributed by atoms with Crippen molar-refractivity contribution < 1.29 is 0 Å². The van der Waals surface area contributed by atoms with E-state index in [4.69, 9.17) is 5.73 Å². The van der Waals surface area contributed by atoms with Crippen molar-refractivity contribution in [2.24, 2.45) is 5.73 Å². The van der Waals surface area contributed by atoms with E-state index in [0.29, 0.717) is 6.04 Å². The molecule has 0 spiro atoms. The van der Waals surface area contributed by atoms with Crippen LogP contribution in [0.25, 0.3) is 0 Å². The zero-order valence-corrected chi connectivity index (χ0v) is 10.00. The highest BCUT2D eigenvalue weighted by molar-refractivity contribution is 5.26. The fraction of sp³-hybridized carbons (Fsp3) is 0.571. The average Bonchev–Trinajstić information content (AvgIpc) is 2.22. The van der Waals surface area contributed by atoms with Gasteiger partial charge in [-0.2, -0.15) is 0 Å². The minimum Gasteiger partial charge on any atom is -0.327 e. The van der Waals surface area contributed by atoms with Gasteiger partial charge in [0, 0.05) is 6.04 Å². The molecule has 1 unspecified atom stereocenters. The van der Waals surface area contributed by atoms with Gasteiger partial charge in [-0.3, -0.25) is 0 Å². The van der Waals surface area contributed by atoms with Gasteiger partial charge in [-0.25, -0.2) is 0 Å². The van der Waals surface area contributed by atoms with Crippen molar-refractivity contribution in [2.45, 2.75) is 52.0 Å². The van der Waals surface area contributed by atoms with Gasteiger partial charge in [-0.15, -0.1) is 0 Å². The van der Waals surface area contributed by atoms with Crippen molar-refractivity contribution >= 4 is 0 Å². The molecule has 1 aromatic rings. The van der Waals surface area contributed by atoms with Gasteiger partial charge in [0.05, 0.1) is 0 Å². The van der Waals surface area contributed by atoms with Crippen LogP contribution in [0.15, 0.2) is 24.3 Å². The van der Waals surface area contributed by atoms with Gasteiger partial charge in [0.15, 0.2) is 0 Å². The smallest absolute Gasteiger partial charge is 0.00794 e. The lowest BCUT2D eigenvalue weighted by atomic mass is 9.98. The minimum atomic E-state index is 0.331. The molecule has 1 atom stereocenters. The Hall–Kier alpha value is -0.820. The molecule has 0 aliphatic rings. The highest BCUT2D eigenvalue weighted by Gasteiger charge is 2.05. The Balaban J connectivity index is 2.37. The van der Waals surface area contributed by atoms with Gasteiger partial charge in [0.2, 0.25) is 0 Å². The van der Waals surface area contributed by atoms with E-state index in [0.717, 1.165) is 12.8 Å². The maximum atomic E-state index is 6.12. The average molecular weight is 205 g/mol. The van der Waals surface area contributed by atoms with Crippen LogP contribution in [0.1, 0.15) is 43.7 Å². The number of hydrogen-bond donors (Lipinski definition) is 1. The summed E-state index contributed by atoms with van der Waals surface area (Å²) in [6.07, 6.45) is 6.03. The molecule has 1 rings (SSSR count). The van der Waals surface area contributed by atoms with Crippen molar-refractivity contribution in [1.82, 2.24) is 0 Å². The van der Waals surface area contributed by atoms with Crippen LogP contribution in [0, 0.1) is 6.92 Å². The predicted octanol–water partition coefficient (Wildman–Crippen LogP) is 3.45. The van der Waals surface area contributed by atoms with Gasteiger partial charge in [-0.05, 0) is 30.9 Å². The third-order valence-electron chi connectivity index (χ3n) is 2.92. The van der Waals surface area contributed by atoms with E-state index in [2.05, 4.69) is 38.1 Å². The SMILES string of the molecule is CCCCCC(N)Cc1ccccc1C. The summed E-state index contributed by atoms with van der Waals surface area (Å²) in [5.41, 5.74) is 8.88. The number of hydrogen-bond acceptors (Lipinski definition) is 1. The Bertz CT molecular complexity index is 280. The van der Waals surface area contributed by atoms with Gasteiger partial charge < -0.3 is 5.73 Å². The maximum absolute atomic E-state index is 6.12. The summed E-state index contributed by atoms with van der Waals surface area (Å²) < 4.78 is 0. The summed E-state index contributed by atoms with van der Waals surface area (Å²) in [4.78, 5) is 0. The molecule has 0 aliphatic heterocycles. The molecule has 15 heavy (non-hydrogen) atoms. The van der Waals surface area contributed by atoms with Crippen molar-refractivity contribution in [3.8, 4) is 0 Å². The predicted molar refractivity (Wildman–Crippen MR) is 67.0 cm³/mol. The fourth-order valence-corrected chi connectivity index (χ4v) is 1.88. The highest BCUT2D eigenvalue weighted by Crippen LogP contribution is 2.12. The molecule has 84 valence electrons. The Kier molecular flexibility index (Phi) is 5.41. The summed E-state index contributed by atoms with van der Waals surface area (Å²) in [6.45, 7) is 4.39. The lowest BCUT2D eigenvalue weighted by Gasteiger charge is -2.12. The first-order chi connectivity index (χ1) is 7.24. The molecule has 2 N–H and O–H groups in total. The van der Waals surface area contributed by atoms with Crippen LogP contribution < -0.4 is 5.73 Å². The molecular formula is C14H23N. The minimum absolute atomic E-state index is 0.331. The number of rotatable bonds is 6. The molecule has 0 aliphatic carbocycles. The van der Waals surface area contributed by atoms with Crippen molar-refractivity contribution in [3.05, 3.63) is 35.4 Å². The van der Waals surface area contributed by atoms with Crippen LogP contribution in [0.3, 0.4) is 0 Å². The van der Waals surface area contributed by atoms with E-state index < -0.39 is 0 Å². The van der Waals surface area contributed by atoms with Crippen LogP contribution in [0.4, 0.5) is 0 Å². The van der Waals surface area contributed by atoms with E-state index in [1.807, 2.05) is 0 Å². The van der Waals surface area contributed by atoms with E-state index in [9.17, 15) is 0 Å². The molecule has 0 saturated heterocycles. The highest BCUT2D eigenvalue weighted by atomic mass is 14.6. The Morgan fingerprint density at radius 2 is 1.93 bits per heavy atom. The molecule has 0 saturated carbocycles. The Morgan fingerprint density at radius 1 is 1.20 bits per heavy atom. The molecule has 1 heteroatoms. The molecule has 0 heterocycles. The van der Waals surface area contributed by atoms with Crippen molar-refractivity contribution in [3.63, 3.8) is 0 Å². The van der Waals surface area contributed by atoms with E-state index in [1.165, 1.54) is 30.4 Å². The molecule has 0 fully saturated rings. The summed E-state index contributed by atoms with van der Waals surface area (Å²) in [6, 6.07) is 8.86.